The minimum absolute atomic E-state index is 0.0715. The van der Waals surface area contributed by atoms with E-state index in [2.05, 4.69) is 25.1 Å². The van der Waals surface area contributed by atoms with Gasteiger partial charge in [-0.2, -0.15) is 10.1 Å². The standard InChI is InChI=1S/C18H20N6O2/c1-13-20-18(26-22-13)23-10-6-14(7-11-23)12-24-17(25)3-2-16(21-24)15-4-8-19-9-5-15/h2-5,8-9,14H,6-7,10-12H2,1H3. The van der Waals surface area contributed by atoms with Gasteiger partial charge < -0.3 is 9.42 Å². The van der Waals surface area contributed by atoms with Crippen molar-refractivity contribution >= 4 is 6.01 Å². The van der Waals surface area contributed by atoms with E-state index in [4.69, 9.17) is 4.52 Å². The summed E-state index contributed by atoms with van der Waals surface area (Å²) in [6.07, 6.45) is 5.35. The van der Waals surface area contributed by atoms with Gasteiger partial charge in [0, 0.05) is 43.7 Å². The number of rotatable bonds is 4. The molecule has 0 unspecified atom stereocenters. The van der Waals surface area contributed by atoms with E-state index in [1.165, 1.54) is 0 Å². The lowest BCUT2D eigenvalue weighted by Gasteiger charge is -2.30. The van der Waals surface area contributed by atoms with Crippen LogP contribution in [0.4, 0.5) is 6.01 Å². The Bertz CT molecular complexity index is 928. The van der Waals surface area contributed by atoms with Gasteiger partial charge in [-0.05, 0) is 43.9 Å². The van der Waals surface area contributed by atoms with Crippen LogP contribution >= 0.6 is 0 Å². The van der Waals surface area contributed by atoms with E-state index in [1.54, 1.807) is 29.2 Å². The molecule has 3 aromatic rings. The molecule has 1 saturated heterocycles. The highest BCUT2D eigenvalue weighted by atomic mass is 16.5. The summed E-state index contributed by atoms with van der Waals surface area (Å²) < 4.78 is 6.81. The van der Waals surface area contributed by atoms with Crippen LogP contribution in [-0.2, 0) is 6.54 Å². The van der Waals surface area contributed by atoms with Crippen molar-refractivity contribution < 1.29 is 4.52 Å². The third kappa shape index (κ3) is 3.49. The maximum Gasteiger partial charge on any atom is 0.324 e. The Morgan fingerprint density at radius 2 is 1.92 bits per heavy atom. The first-order valence-electron chi connectivity index (χ1n) is 8.73. The molecule has 1 aliphatic rings. The zero-order valence-corrected chi connectivity index (χ0v) is 14.6. The number of piperidine rings is 1. The van der Waals surface area contributed by atoms with Crippen molar-refractivity contribution in [2.45, 2.75) is 26.3 Å². The summed E-state index contributed by atoms with van der Waals surface area (Å²) in [6, 6.07) is 7.70. The smallest absolute Gasteiger partial charge is 0.324 e. The van der Waals surface area contributed by atoms with Crippen molar-refractivity contribution in [2.75, 3.05) is 18.0 Å². The van der Waals surface area contributed by atoms with E-state index in [0.717, 1.165) is 37.2 Å². The van der Waals surface area contributed by atoms with Crippen molar-refractivity contribution in [1.29, 1.82) is 0 Å². The number of pyridine rings is 1. The quantitative estimate of drug-likeness (QED) is 0.708. The molecule has 134 valence electrons. The van der Waals surface area contributed by atoms with Crippen molar-refractivity contribution in [1.82, 2.24) is 24.9 Å². The first-order valence-corrected chi connectivity index (χ1v) is 8.73. The first kappa shape index (κ1) is 16.4. The van der Waals surface area contributed by atoms with Crippen molar-refractivity contribution in [3.05, 3.63) is 52.8 Å². The highest BCUT2D eigenvalue weighted by molar-refractivity contribution is 5.56. The minimum Gasteiger partial charge on any atom is -0.324 e. The lowest BCUT2D eigenvalue weighted by molar-refractivity contribution is 0.319. The van der Waals surface area contributed by atoms with Crippen LogP contribution in [0.2, 0.25) is 0 Å². The molecule has 0 aliphatic carbocycles. The van der Waals surface area contributed by atoms with Gasteiger partial charge in [0.1, 0.15) is 0 Å². The number of hydrogen-bond acceptors (Lipinski definition) is 7. The van der Waals surface area contributed by atoms with Gasteiger partial charge in [0.2, 0.25) is 0 Å². The van der Waals surface area contributed by atoms with Crippen molar-refractivity contribution in [3.63, 3.8) is 0 Å². The summed E-state index contributed by atoms with van der Waals surface area (Å²) in [7, 11) is 0. The molecule has 0 N–H and O–H groups in total. The van der Waals surface area contributed by atoms with Gasteiger partial charge in [-0.25, -0.2) is 4.68 Å². The lowest BCUT2D eigenvalue weighted by Crippen LogP contribution is -2.37. The van der Waals surface area contributed by atoms with Gasteiger partial charge in [0.15, 0.2) is 5.82 Å². The van der Waals surface area contributed by atoms with Crippen LogP contribution in [-0.4, -0.2) is 38.0 Å². The number of aromatic nitrogens is 5. The second-order valence-electron chi connectivity index (χ2n) is 6.53. The highest BCUT2D eigenvalue weighted by Crippen LogP contribution is 2.23. The molecule has 0 bridgehead atoms. The van der Waals surface area contributed by atoms with Crippen LogP contribution in [0.5, 0.6) is 0 Å². The SMILES string of the molecule is Cc1noc(N2CCC(Cn3nc(-c4ccncc4)ccc3=O)CC2)n1. The average Bonchev–Trinajstić information content (AvgIpc) is 3.11. The Hall–Kier alpha value is -3.03. The summed E-state index contributed by atoms with van der Waals surface area (Å²) >= 11 is 0. The van der Waals surface area contributed by atoms with Crippen molar-refractivity contribution in [2.24, 2.45) is 5.92 Å². The van der Waals surface area contributed by atoms with E-state index >= 15 is 0 Å². The lowest BCUT2D eigenvalue weighted by atomic mass is 9.97. The van der Waals surface area contributed by atoms with E-state index in [0.29, 0.717) is 24.3 Å². The molecule has 4 heterocycles. The fraction of sp³-hybridized carbons (Fsp3) is 0.389. The van der Waals surface area contributed by atoms with Crippen LogP contribution in [0.15, 0.2) is 46.0 Å². The highest BCUT2D eigenvalue weighted by Gasteiger charge is 2.23. The van der Waals surface area contributed by atoms with Gasteiger partial charge in [-0.15, -0.1) is 0 Å². The average molecular weight is 352 g/mol. The third-order valence-corrected chi connectivity index (χ3v) is 4.68. The number of nitrogens with zero attached hydrogens (tertiary/aromatic N) is 6. The summed E-state index contributed by atoms with van der Waals surface area (Å²) in [5, 5.41) is 8.38. The molecule has 1 fully saturated rings. The first-order chi connectivity index (χ1) is 12.7. The second-order valence-corrected chi connectivity index (χ2v) is 6.53. The van der Waals surface area contributed by atoms with E-state index in [1.807, 2.05) is 19.1 Å². The van der Waals surface area contributed by atoms with Gasteiger partial charge >= 0.3 is 6.01 Å². The van der Waals surface area contributed by atoms with E-state index in [-0.39, 0.29) is 5.56 Å². The number of anilines is 1. The van der Waals surface area contributed by atoms with Gasteiger partial charge in [-0.3, -0.25) is 9.78 Å². The fourth-order valence-corrected chi connectivity index (χ4v) is 3.22. The molecule has 0 aromatic carbocycles. The molecule has 26 heavy (non-hydrogen) atoms. The molecule has 3 aromatic heterocycles. The molecule has 0 spiro atoms. The molecular weight excluding hydrogens is 332 g/mol. The largest absolute Gasteiger partial charge is 0.324 e. The predicted octanol–water partition coefficient (Wildman–Crippen LogP) is 1.91. The Labute approximate surface area is 150 Å². The topological polar surface area (TPSA) is 89.9 Å². The maximum atomic E-state index is 12.2. The predicted molar refractivity (Wildman–Crippen MR) is 95.7 cm³/mol. The molecule has 0 atom stereocenters. The molecule has 0 saturated carbocycles. The molecule has 0 radical (unpaired) electrons. The molecule has 4 rings (SSSR count). The van der Waals surface area contributed by atoms with E-state index in [9.17, 15) is 4.79 Å². The van der Waals surface area contributed by atoms with Crippen LogP contribution in [0, 0.1) is 12.8 Å². The molecule has 8 nitrogen and oxygen atoms in total. The van der Waals surface area contributed by atoms with Crippen LogP contribution in [0.1, 0.15) is 18.7 Å². The Morgan fingerprint density at radius 3 is 2.62 bits per heavy atom. The fourth-order valence-electron chi connectivity index (χ4n) is 3.22. The van der Waals surface area contributed by atoms with Crippen molar-refractivity contribution in [3.8, 4) is 11.3 Å². The number of hydrogen-bond donors (Lipinski definition) is 0. The van der Waals surface area contributed by atoms with Crippen LogP contribution in [0.3, 0.4) is 0 Å². The molecular formula is C18H20N6O2. The summed E-state index contributed by atoms with van der Waals surface area (Å²) in [6.45, 7) is 4.11. The molecule has 8 heteroatoms. The monoisotopic (exact) mass is 352 g/mol. The minimum atomic E-state index is -0.0715. The van der Waals surface area contributed by atoms with Gasteiger partial charge in [-0.1, -0.05) is 5.16 Å². The zero-order valence-electron chi connectivity index (χ0n) is 14.6. The Balaban J connectivity index is 1.44. The number of aryl methyl sites for hydroxylation is 1. The second kappa shape index (κ2) is 7.07. The normalized spacial score (nSPS) is 15.3. The van der Waals surface area contributed by atoms with Crippen LogP contribution in [0.25, 0.3) is 11.3 Å². The summed E-state index contributed by atoms with van der Waals surface area (Å²) in [4.78, 5) is 22.6. The summed E-state index contributed by atoms with van der Waals surface area (Å²) in [5.41, 5.74) is 1.67. The molecule has 0 amide bonds. The molecule has 1 aliphatic heterocycles. The van der Waals surface area contributed by atoms with E-state index < -0.39 is 0 Å². The maximum absolute atomic E-state index is 12.2. The Kier molecular flexibility index (Phi) is 4.47. The Morgan fingerprint density at radius 1 is 1.15 bits per heavy atom. The summed E-state index contributed by atoms with van der Waals surface area (Å²) in [5.74, 6) is 1.04. The third-order valence-electron chi connectivity index (χ3n) is 4.68. The van der Waals surface area contributed by atoms with Gasteiger partial charge in [0.25, 0.3) is 5.56 Å². The van der Waals surface area contributed by atoms with Gasteiger partial charge in [0.05, 0.1) is 5.69 Å². The van der Waals surface area contributed by atoms with Crippen LogP contribution < -0.4 is 10.5 Å². The zero-order chi connectivity index (χ0) is 17.9.